The maximum atomic E-state index is 12.3. The van der Waals surface area contributed by atoms with Crippen LogP contribution in [0.2, 0.25) is 0 Å². The second kappa shape index (κ2) is 7.53. The van der Waals surface area contributed by atoms with Crippen molar-refractivity contribution in [2.75, 3.05) is 26.2 Å². The number of rotatable bonds is 5. The molecular weight excluding hydrogens is 308 g/mol. The summed E-state index contributed by atoms with van der Waals surface area (Å²) in [5.41, 5.74) is 0.942. The lowest BCUT2D eigenvalue weighted by Crippen LogP contribution is -2.53. The molecule has 1 fully saturated rings. The number of amides is 2. The van der Waals surface area contributed by atoms with Crippen molar-refractivity contribution < 1.29 is 13.7 Å². The van der Waals surface area contributed by atoms with E-state index in [2.05, 4.69) is 15.4 Å². The van der Waals surface area contributed by atoms with E-state index in [1.54, 1.807) is 6.26 Å². The molecule has 1 saturated heterocycles. The summed E-state index contributed by atoms with van der Waals surface area (Å²) < 4.78 is 10.4. The van der Waals surface area contributed by atoms with Crippen LogP contribution >= 0.6 is 0 Å². The van der Waals surface area contributed by atoms with Gasteiger partial charge >= 0.3 is 6.03 Å². The smallest absolute Gasteiger partial charge is 0.317 e. The van der Waals surface area contributed by atoms with Crippen LogP contribution in [0.1, 0.15) is 24.1 Å². The van der Waals surface area contributed by atoms with Crippen LogP contribution in [0.25, 0.3) is 0 Å². The molecule has 0 unspecified atom stereocenters. The average Bonchev–Trinajstić information content (AvgIpc) is 3.20. The number of carbonyl (C=O) groups is 1. The normalized spacial score (nSPS) is 17.0. The van der Waals surface area contributed by atoms with Gasteiger partial charge in [-0.15, -0.1) is 0 Å². The SMILES string of the molecule is Cc1cc(CN2CCN(C(=O)N[C@@H](C)Cc3ccco3)CC2)no1. The molecule has 2 amide bonds. The molecule has 1 aliphatic heterocycles. The largest absolute Gasteiger partial charge is 0.469 e. The lowest BCUT2D eigenvalue weighted by Gasteiger charge is -2.34. The van der Waals surface area contributed by atoms with Gasteiger partial charge in [-0.05, 0) is 26.0 Å². The summed E-state index contributed by atoms with van der Waals surface area (Å²) in [6.07, 6.45) is 2.35. The molecule has 3 heterocycles. The van der Waals surface area contributed by atoms with Gasteiger partial charge in [0.05, 0.1) is 12.0 Å². The zero-order valence-corrected chi connectivity index (χ0v) is 14.2. The second-order valence-electron chi connectivity index (χ2n) is 6.33. The van der Waals surface area contributed by atoms with Crippen molar-refractivity contribution in [1.29, 1.82) is 0 Å². The lowest BCUT2D eigenvalue weighted by atomic mass is 10.2. The third-order valence-corrected chi connectivity index (χ3v) is 4.18. The molecule has 7 nitrogen and oxygen atoms in total. The minimum Gasteiger partial charge on any atom is -0.469 e. The maximum Gasteiger partial charge on any atom is 0.317 e. The van der Waals surface area contributed by atoms with Crippen LogP contribution in [0, 0.1) is 6.92 Å². The van der Waals surface area contributed by atoms with Crippen LogP contribution in [0.15, 0.2) is 33.4 Å². The fraction of sp³-hybridized carbons (Fsp3) is 0.529. The molecule has 0 radical (unpaired) electrons. The zero-order valence-electron chi connectivity index (χ0n) is 14.2. The Morgan fingerprint density at radius 2 is 2.17 bits per heavy atom. The minimum absolute atomic E-state index is 0.00835. The van der Waals surface area contributed by atoms with E-state index in [-0.39, 0.29) is 12.1 Å². The van der Waals surface area contributed by atoms with Crippen molar-refractivity contribution in [3.8, 4) is 0 Å². The Bertz CT molecular complexity index is 645. The van der Waals surface area contributed by atoms with Gasteiger partial charge in [0, 0.05) is 51.3 Å². The molecule has 0 spiro atoms. The molecular formula is C17H24N4O3. The Balaban J connectivity index is 1.41. The monoisotopic (exact) mass is 332 g/mol. The highest BCUT2D eigenvalue weighted by atomic mass is 16.5. The average molecular weight is 332 g/mol. The van der Waals surface area contributed by atoms with Crippen molar-refractivity contribution >= 4 is 6.03 Å². The van der Waals surface area contributed by atoms with Crippen molar-refractivity contribution in [3.63, 3.8) is 0 Å². The number of hydrogen-bond donors (Lipinski definition) is 1. The molecule has 2 aromatic heterocycles. The topological polar surface area (TPSA) is 74.8 Å². The molecule has 0 saturated carbocycles. The van der Waals surface area contributed by atoms with E-state index >= 15 is 0 Å². The van der Waals surface area contributed by atoms with Crippen LogP contribution in [0.4, 0.5) is 4.79 Å². The number of furan rings is 1. The van der Waals surface area contributed by atoms with Crippen molar-refractivity contribution in [1.82, 2.24) is 20.3 Å². The molecule has 0 bridgehead atoms. The van der Waals surface area contributed by atoms with Crippen LogP contribution in [-0.2, 0) is 13.0 Å². The lowest BCUT2D eigenvalue weighted by molar-refractivity contribution is 0.132. The van der Waals surface area contributed by atoms with Gasteiger partial charge in [0.25, 0.3) is 0 Å². The summed E-state index contributed by atoms with van der Waals surface area (Å²) in [5.74, 6) is 1.71. The van der Waals surface area contributed by atoms with Gasteiger partial charge < -0.3 is 19.2 Å². The van der Waals surface area contributed by atoms with Crippen molar-refractivity contribution in [2.45, 2.75) is 32.9 Å². The second-order valence-corrected chi connectivity index (χ2v) is 6.33. The number of urea groups is 1. The third-order valence-electron chi connectivity index (χ3n) is 4.18. The molecule has 0 aromatic carbocycles. The number of carbonyl (C=O) groups excluding carboxylic acids is 1. The fourth-order valence-corrected chi connectivity index (χ4v) is 2.91. The molecule has 1 atom stereocenters. The van der Waals surface area contributed by atoms with Gasteiger partial charge in [-0.2, -0.15) is 0 Å². The Hall–Kier alpha value is -2.28. The van der Waals surface area contributed by atoms with Crippen LogP contribution < -0.4 is 5.32 Å². The summed E-state index contributed by atoms with van der Waals surface area (Å²) >= 11 is 0. The number of nitrogens with one attached hydrogen (secondary N) is 1. The van der Waals surface area contributed by atoms with Crippen LogP contribution in [0.3, 0.4) is 0 Å². The Morgan fingerprint density at radius 3 is 2.79 bits per heavy atom. The van der Waals surface area contributed by atoms with Gasteiger partial charge in [-0.25, -0.2) is 4.79 Å². The van der Waals surface area contributed by atoms with E-state index in [9.17, 15) is 4.79 Å². The minimum atomic E-state index is -0.00835. The quantitative estimate of drug-likeness (QED) is 0.907. The van der Waals surface area contributed by atoms with E-state index < -0.39 is 0 Å². The van der Waals surface area contributed by atoms with Gasteiger partial charge in [0.2, 0.25) is 0 Å². The molecule has 1 aliphatic rings. The molecule has 3 rings (SSSR count). The molecule has 2 aromatic rings. The number of aryl methyl sites for hydroxylation is 1. The Morgan fingerprint density at radius 1 is 1.38 bits per heavy atom. The Kier molecular flexibility index (Phi) is 5.20. The van der Waals surface area contributed by atoms with E-state index in [1.807, 2.05) is 36.9 Å². The van der Waals surface area contributed by atoms with E-state index in [1.165, 1.54) is 0 Å². The highest BCUT2D eigenvalue weighted by Crippen LogP contribution is 2.10. The summed E-state index contributed by atoms with van der Waals surface area (Å²) in [6, 6.07) is 5.77. The van der Waals surface area contributed by atoms with Crippen molar-refractivity contribution in [3.05, 3.63) is 41.7 Å². The number of piperazine rings is 1. The number of hydrogen-bond acceptors (Lipinski definition) is 5. The van der Waals surface area contributed by atoms with Gasteiger partial charge in [0.1, 0.15) is 11.5 Å². The highest BCUT2D eigenvalue weighted by molar-refractivity contribution is 5.74. The van der Waals surface area contributed by atoms with Crippen LogP contribution in [0.5, 0.6) is 0 Å². The first kappa shape index (κ1) is 16.6. The first-order chi connectivity index (χ1) is 11.6. The number of aromatic nitrogens is 1. The third kappa shape index (κ3) is 4.38. The maximum absolute atomic E-state index is 12.3. The van der Waals surface area contributed by atoms with E-state index in [4.69, 9.17) is 8.94 Å². The first-order valence-electron chi connectivity index (χ1n) is 8.32. The summed E-state index contributed by atoms with van der Waals surface area (Å²) in [4.78, 5) is 16.5. The molecule has 0 aliphatic carbocycles. The van der Waals surface area contributed by atoms with Gasteiger partial charge in [-0.3, -0.25) is 4.90 Å². The predicted octanol–water partition coefficient (Wildman–Crippen LogP) is 2.03. The molecule has 1 N–H and O–H groups in total. The zero-order chi connectivity index (χ0) is 16.9. The number of nitrogens with zero attached hydrogens (tertiary/aromatic N) is 3. The first-order valence-corrected chi connectivity index (χ1v) is 8.32. The standard InChI is InChI=1S/C17H24N4O3/c1-13(10-16-4-3-9-23-16)18-17(22)21-7-5-20(6-8-21)12-15-11-14(2)24-19-15/h3-4,9,11,13H,5-8,10,12H2,1-2H3,(H,18,22)/t13-/m0/s1. The van der Waals surface area contributed by atoms with Gasteiger partial charge in [-0.1, -0.05) is 5.16 Å². The fourth-order valence-electron chi connectivity index (χ4n) is 2.91. The Labute approximate surface area is 141 Å². The summed E-state index contributed by atoms with van der Waals surface area (Å²) in [5, 5.41) is 7.06. The molecule has 7 heteroatoms. The van der Waals surface area contributed by atoms with Crippen molar-refractivity contribution in [2.24, 2.45) is 0 Å². The highest BCUT2D eigenvalue weighted by Gasteiger charge is 2.22. The van der Waals surface area contributed by atoms with E-state index in [0.29, 0.717) is 6.42 Å². The predicted molar refractivity (Wildman–Crippen MR) is 88.5 cm³/mol. The van der Waals surface area contributed by atoms with Gasteiger partial charge in [0.15, 0.2) is 0 Å². The summed E-state index contributed by atoms with van der Waals surface area (Å²) in [6.45, 7) is 7.76. The molecule has 130 valence electrons. The van der Waals surface area contributed by atoms with Crippen LogP contribution in [-0.4, -0.2) is 53.2 Å². The summed E-state index contributed by atoms with van der Waals surface area (Å²) in [7, 11) is 0. The molecule has 24 heavy (non-hydrogen) atoms. The van der Waals surface area contributed by atoms with E-state index in [0.717, 1.165) is 49.9 Å².